The van der Waals surface area contributed by atoms with Crippen LogP contribution < -0.4 is 4.74 Å². The maximum Gasteiger partial charge on any atom is 0.416 e. The summed E-state index contributed by atoms with van der Waals surface area (Å²) >= 11 is 3.12. The molecule has 0 saturated heterocycles. The molecule has 0 N–H and O–H groups in total. The van der Waals surface area contributed by atoms with Crippen molar-refractivity contribution in [3.8, 4) is 11.6 Å². The van der Waals surface area contributed by atoms with Gasteiger partial charge in [0, 0.05) is 12.3 Å². The maximum atomic E-state index is 12.6. The van der Waals surface area contributed by atoms with Crippen LogP contribution in [0.15, 0.2) is 41.0 Å². The molecule has 0 fully saturated rings. The molecular formula is C12H6BrF3N2O3. The number of nitro benzene ring substituents is 1. The lowest BCUT2D eigenvalue weighted by atomic mass is 10.2. The van der Waals surface area contributed by atoms with E-state index >= 15 is 0 Å². The number of ether oxygens (including phenoxy) is 1. The Labute approximate surface area is 124 Å². The lowest BCUT2D eigenvalue weighted by Crippen LogP contribution is -2.06. The Hall–Kier alpha value is -2.16. The van der Waals surface area contributed by atoms with Crippen LogP contribution in [0, 0.1) is 10.1 Å². The Morgan fingerprint density at radius 3 is 2.57 bits per heavy atom. The largest absolute Gasteiger partial charge is 0.431 e. The standard InChI is InChI=1S/C12H6BrF3N2O3/c13-8-2-1-5-17-11(8)21-10-4-3-7(12(14,15)16)6-9(10)18(19)20/h1-6H. The van der Waals surface area contributed by atoms with Gasteiger partial charge in [0.05, 0.1) is 15.0 Å². The minimum atomic E-state index is -4.67. The Balaban J connectivity index is 2.45. The van der Waals surface area contributed by atoms with Gasteiger partial charge in [0.1, 0.15) is 0 Å². The molecule has 0 amide bonds. The van der Waals surface area contributed by atoms with Crippen molar-refractivity contribution in [3.63, 3.8) is 0 Å². The molecule has 1 aromatic heterocycles. The minimum Gasteiger partial charge on any atom is -0.431 e. The number of benzene rings is 1. The van der Waals surface area contributed by atoms with Crippen molar-refractivity contribution in [1.29, 1.82) is 0 Å². The van der Waals surface area contributed by atoms with E-state index in [1.54, 1.807) is 12.1 Å². The average molecular weight is 363 g/mol. The van der Waals surface area contributed by atoms with Crippen LogP contribution in [-0.2, 0) is 6.18 Å². The third-order valence-electron chi connectivity index (χ3n) is 2.41. The molecule has 21 heavy (non-hydrogen) atoms. The topological polar surface area (TPSA) is 65.3 Å². The maximum absolute atomic E-state index is 12.6. The van der Waals surface area contributed by atoms with E-state index in [1.165, 1.54) is 6.20 Å². The van der Waals surface area contributed by atoms with Crippen molar-refractivity contribution in [2.75, 3.05) is 0 Å². The summed E-state index contributed by atoms with van der Waals surface area (Å²) < 4.78 is 43.3. The molecule has 1 heterocycles. The molecule has 0 saturated carbocycles. The highest BCUT2D eigenvalue weighted by atomic mass is 79.9. The second kappa shape index (κ2) is 5.68. The number of nitrogens with zero attached hydrogens (tertiary/aromatic N) is 2. The molecule has 0 aliphatic rings. The number of alkyl halides is 3. The molecule has 0 spiro atoms. The van der Waals surface area contributed by atoms with Crippen LogP contribution in [0.2, 0.25) is 0 Å². The highest BCUT2D eigenvalue weighted by molar-refractivity contribution is 9.10. The molecule has 5 nitrogen and oxygen atoms in total. The zero-order valence-electron chi connectivity index (χ0n) is 10.1. The first-order chi connectivity index (χ1) is 9.79. The zero-order chi connectivity index (χ0) is 15.6. The van der Waals surface area contributed by atoms with Crippen LogP contribution in [0.5, 0.6) is 11.6 Å². The number of nitro groups is 1. The predicted molar refractivity (Wildman–Crippen MR) is 70.1 cm³/mol. The molecule has 1 aromatic carbocycles. The summed E-state index contributed by atoms with van der Waals surface area (Å²) in [6.45, 7) is 0. The lowest BCUT2D eigenvalue weighted by molar-refractivity contribution is -0.385. The van der Waals surface area contributed by atoms with E-state index in [2.05, 4.69) is 20.9 Å². The van der Waals surface area contributed by atoms with E-state index in [1.807, 2.05) is 0 Å². The van der Waals surface area contributed by atoms with Gasteiger partial charge in [0.2, 0.25) is 11.6 Å². The fourth-order valence-electron chi connectivity index (χ4n) is 1.47. The molecule has 2 rings (SSSR count). The van der Waals surface area contributed by atoms with Gasteiger partial charge < -0.3 is 4.74 Å². The van der Waals surface area contributed by atoms with Crippen molar-refractivity contribution in [2.24, 2.45) is 0 Å². The molecule has 0 aliphatic heterocycles. The molecule has 0 aliphatic carbocycles. The fourth-order valence-corrected chi connectivity index (χ4v) is 1.81. The molecule has 0 bridgehead atoms. The van der Waals surface area contributed by atoms with E-state index in [0.717, 1.165) is 6.07 Å². The first-order valence-corrected chi connectivity index (χ1v) is 6.22. The van der Waals surface area contributed by atoms with Gasteiger partial charge in [-0.1, -0.05) is 0 Å². The van der Waals surface area contributed by atoms with Crippen molar-refractivity contribution < 1.29 is 22.8 Å². The van der Waals surface area contributed by atoms with Crippen molar-refractivity contribution in [1.82, 2.24) is 4.98 Å². The number of aromatic nitrogens is 1. The molecule has 110 valence electrons. The number of hydrogen-bond donors (Lipinski definition) is 0. The molecule has 0 unspecified atom stereocenters. The van der Waals surface area contributed by atoms with Crippen LogP contribution in [-0.4, -0.2) is 9.91 Å². The summed E-state index contributed by atoms with van der Waals surface area (Å²) in [5.74, 6) is -0.312. The highest BCUT2D eigenvalue weighted by Gasteiger charge is 2.33. The number of halogens is 4. The second-order valence-corrected chi connectivity index (χ2v) is 4.68. The smallest absolute Gasteiger partial charge is 0.416 e. The quantitative estimate of drug-likeness (QED) is 0.592. The number of pyridine rings is 1. The Morgan fingerprint density at radius 1 is 1.29 bits per heavy atom. The Kier molecular flexibility index (Phi) is 4.12. The van der Waals surface area contributed by atoms with Gasteiger partial charge in [-0.25, -0.2) is 4.98 Å². The summed E-state index contributed by atoms with van der Waals surface area (Å²) in [6.07, 6.45) is -3.29. The number of hydrogen-bond acceptors (Lipinski definition) is 4. The van der Waals surface area contributed by atoms with Gasteiger partial charge in [0.15, 0.2) is 0 Å². The third kappa shape index (κ3) is 3.48. The Bertz CT molecular complexity index is 692. The van der Waals surface area contributed by atoms with Gasteiger partial charge in [-0.15, -0.1) is 0 Å². The van der Waals surface area contributed by atoms with E-state index in [0.29, 0.717) is 16.6 Å². The summed E-state index contributed by atoms with van der Waals surface area (Å²) in [5.41, 5.74) is -1.91. The average Bonchev–Trinajstić information content (AvgIpc) is 2.40. The van der Waals surface area contributed by atoms with E-state index in [-0.39, 0.29) is 11.6 Å². The van der Waals surface area contributed by atoms with E-state index in [9.17, 15) is 23.3 Å². The van der Waals surface area contributed by atoms with Gasteiger partial charge >= 0.3 is 11.9 Å². The van der Waals surface area contributed by atoms with Gasteiger partial charge in [0.25, 0.3) is 0 Å². The minimum absolute atomic E-state index is 0.0142. The molecule has 0 atom stereocenters. The van der Waals surface area contributed by atoms with Crippen LogP contribution in [0.3, 0.4) is 0 Å². The molecular weight excluding hydrogens is 357 g/mol. The number of rotatable bonds is 3. The molecule has 2 aromatic rings. The first kappa shape index (κ1) is 15.2. The summed E-state index contributed by atoms with van der Waals surface area (Å²) in [4.78, 5) is 13.8. The van der Waals surface area contributed by atoms with E-state index < -0.39 is 22.4 Å². The summed E-state index contributed by atoms with van der Waals surface area (Å²) in [6, 6.07) is 5.20. The van der Waals surface area contributed by atoms with Gasteiger partial charge in [-0.05, 0) is 40.2 Å². The van der Waals surface area contributed by atoms with Crippen molar-refractivity contribution in [3.05, 3.63) is 56.7 Å². The summed E-state index contributed by atoms with van der Waals surface area (Å²) in [7, 11) is 0. The van der Waals surface area contributed by atoms with E-state index in [4.69, 9.17) is 4.74 Å². The second-order valence-electron chi connectivity index (χ2n) is 3.83. The van der Waals surface area contributed by atoms with Crippen LogP contribution in [0.1, 0.15) is 5.56 Å². The predicted octanol–water partition coefficient (Wildman–Crippen LogP) is 4.56. The van der Waals surface area contributed by atoms with Crippen LogP contribution in [0.4, 0.5) is 18.9 Å². The molecule has 9 heteroatoms. The zero-order valence-corrected chi connectivity index (χ0v) is 11.7. The van der Waals surface area contributed by atoms with Crippen LogP contribution in [0.25, 0.3) is 0 Å². The first-order valence-electron chi connectivity index (χ1n) is 5.43. The molecule has 0 radical (unpaired) electrons. The van der Waals surface area contributed by atoms with Gasteiger partial charge in [-0.3, -0.25) is 10.1 Å². The van der Waals surface area contributed by atoms with Crippen molar-refractivity contribution in [2.45, 2.75) is 6.18 Å². The fraction of sp³-hybridized carbons (Fsp3) is 0.0833. The summed E-state index contributed by atoms with van der Waals surface area (Å²) in [5, 5.41) is 10.9. The van der Waals surface area contributed by atoms with Gasteiger partial charge in [-0.2, -0.15) is 13.2 Å². The Morgan fingerprint density at radius 2 is 2.00 bits per heavy atom. The highest BCUT2D eigenvalue weighted by Crippen LogP contribution is 2.38. The normalized spacial score (nSPS) is 11.2. The monoisotopic (exact) mass is 362 g/mol. The SMILES string of the molecule is O=[N+]([O-])c1cc(C(F)(F)F)ccc1Oc1ncccc1Br. The lowest BCUT2D eigenvalue weighted by Gasteiger charge is -2.10. The van der Waals surface area contributed by atoms with Crippen molar-refractivity contribution >= 4 is 21.6 Å². The third-order valence-corrected chi connectivity index (χ3v) is 3.02. The van der Waals surface area contributed by atoms with Crippen LogP contribution >= 0.6 is 15.9 Å².